The van der Waals surface area contributed by atoms with Crippen molar-refractivity contribution in [3.63, 3.8) is 0 Å². The van der Waals surface area contributed by atoms with Crippen molar-refractivity contribution in [2.24, 2.45) is 11.8 Å². The molecule has 1 aromatic rings. The summed E-state index contributed by atoms with van der Waals surface area (Å²) in [4.78, 5) is 42.3. The van der Waals surface area contributed by atoms with Gasteiger partial charge in [-0.25, -0.2) is 0 Å². The average molecular weight is 450 g/mol. The molecule has 5 atom stereocenters. The molecule has 0 radical (unpaired) electrons. The van der Waals surface area contributed by atoms with Gasteiger partial charge >= 0.3 is 0 Å². The molecule has 1 aromatic carbocycles. The molecule has 2 N–H and O–H groups in total. The van der Waals surface area contributed by atoms with Crippen LogP contribution in [0.1, 0.15) is 49.7 Å². The van der Waals surface area contributed by atoms with Crippen molar-refractivity contribution in [2.45, 2.75) is 81.8 Å². The minimum Gasteiger partial charge on any atom is -0.359 e. The first-order valence-corrected chi connectivity index (χ1v) is 12.3. The highest BCUT2D eigenvalue weighted by Crippen LogP contribution is 2.55. The zero-order valence-electron chi connectivity index (χ0n) is 19.0. The molecule has 3 aliphatic heterocycles. The molecule has 7 nitrogen and oxygen atoms in total. The van der Waals surface area contributed by atoms with Gasteiger partial charge in [0.2, 0.25) is 17.7 Å². The van der Waals surface area contributed by atoms with Crippen molar-refractivity contribution in [3.05, 3.63) is 47.5 Å². The summed E-state index contributed by atoms with van der Waals surface area (Å²) < 4.78 is 6.38. The second-order valence-corrected chi connectivity index (χ2v) is 10.4. The van der Waals surface area contributed by atoms with Crippen LogP contribution < -0.4 is 10.6 Å². The SMILES string of the molecule is Cc1ccc(CN2C(=O)[C@@H]3[C@@H](C(=O)NC4CC4)[C@H]4C=C[C@@]3(O4)[C@H]2C(=O)NC2CCCC2)cc1. The predicted molar refractivity (Wildman–Crippen MR) is 121 cm³/mol. The van der Waals surface area contributed by atoms with Gasteiger partial charge in [-0.1, -0.05) is 54.8 Å². The largest absolute Gasteiger partial charge is 0.359 e. The number of fused-ring (bicyclic) bond motifs is 1. The van der Waals surface area contributed by atoms with Crippen LogP contribution in [-0.4, -0.2) is 52.5 Å². The van der Waals surface area contributed by atoms with Crippen LogP contribution in [0.15, 0.2) is 36.4 Å². The lowest BCUT2D eigenvalue weighted by Crippen LogP contribution is -2.55. The monoisotopic (exact) mass is 449 g/mol. The van der Waals surface area contributed by atoms with Gasteiger partial charge in [-0.15, -0.1) is 0 Å². The Hall–Kier alpha value is -2.67. The molecule has 2 bridgehead atoms. The van der Waals surface area contributed by atoms with Crippen LogP contribution in [0.3, 0.4) is 0 Å². The molecule has 7 heteroatoms. The quantitative estimate of drug-likeness (QED) is 0.650. The highest BCUT2D eigenvalue weighted by atomic mass is 16.5. The Bertz CT molecular complexity index is 1010. The fraction of sp³-hybridized carbons (Fsp3) is 0.577. The molecule has 0 aromatic heterocycles. The first-order chi connectivity index (χ1) is 16.0. The number of nitrogens with one attached hydrogen (secondary N) is 2. The van der Waals surface area contributed by atoms with Crippen LogP contribution in [-0.2, 0) is 25.7 Å². The summed E-state index contributed by atoms with van der Waals surface area (Å²) in [6.45, 7) is 2.34. The molecule has 4 fully saturated rings. The summed E-state index contributed by atoms with van der Waals surface area (Å²) in [7, 11) is 0. The molecule has 2 saturated heterocycles. The van der Waals surface area contributed by atoms with Gasteiger partial charge in [-0.05, 0) is 38.2 Å². The van der Waals surface area contributed by atoms with Gasteiger partial charge in [0.15, 0.2) is 0 Å². The van der Waals surface area contributed by atoms with Crippen molar-refractivity contribution >= 4 is 17.7 Å². The van der Waals surface area contributed by atoms with Gasteiger partial charge in [-0.3, -0.25) is 14.4 Å². The highest BCUT2D eigenvalue weighted by Gasteiger charge is 2.72. The summed E-state index contributed by atoms with van der Waals surface area (Å²) >= 11 is 0. The van der Waals surface area contributed by atoms with Crippen LogP contribution in [0.5, 0.6) is 0 Å². The Morgan fingerprint density at radius 1 is 1.03 bits per heavy atom. The van der Waals surface area contributed by atoms with Crippen molar-refractivity contribution in [1.82, 2.24) is 15.5 Å². The van der Waals surface area contributed by atoms with Gasteiger partial charge < -0.3 is 20.3 Å². The van der Waals surface area contributed by atoms with Gasteiger partial charge in [0, 0.05) is 18.6 Å². The number of ether oxygens (including phenoxy) is 1. The lowest BCUT2D eigenvalue weighted by molar-refractivity contribution is -0.142. The van der Waals surface area contributed by atoms with E-state index in [1.165, 1.54) is 0 Å². The van der Waals surface area contributed by atoms with Crippen LogP contribution in [0.2, 0.25) is 0 Å². The van der Waals surface area contributed by atoms with E-state index in [-0.39, 0.29) is 29.8 Å². The summed E-state index contributed by atoms with van der Waals surface area (Å²) in [5.41, 5.74) is 1.02. The summed E-state index contributed by atoms with van der Waals surface area (Å²) in [6, 6.07) is 7.57. The van der Waals surface area contributed by atoms with E-state index in [1.807, 2.05) is 43.3 Å². The van der Waals surface area contributed by atoms with Gasteiger partial charge in [0.05, 0.1) is 17.9 Å². The number of aryl methyl sites for hydroxylation is 1. The number of carbonyl (C=O) groups excluding carboxylic acids is 3. The molecule has 2 saturated carbocycles. The number of amides is 3. The third-order valence-electron chi connectivity index (χ3n) is 8.02. The lowest BCUT2D eigenvalue weighted by atomic mass is 9.74. The van der Waals surface area contributed by atoms with Crippen molar-refractivity contribution in [3.8, 4) is 0 Å². The Morgan fingerprint density at radius 2 is 1.70 bits per heavy atom. The molecular formula is C26H31N3O4. The Morgan fingerprint density at radius 3 is 2.39 bits per heavy atom. The average Bonchev–Trinajstić information content (AvgIpc) is 3.15. The van der Waals surface area contributed by atoms with Gasteiger partial charge in [0.25, 0.3) is 0 Å². The minimum atomic E-state index is -1.08. The molecule has 3 amide bonds. The predicted octanol–water partition coefficient (Wildman–Crippen LogP) is 1.98. The van der Waals surface area contributed by atoms with Crippen molar-refractivity contribution in [1.29, 1.82) is 0 Å². The van der Waals surface area contributed by atoms with Crippen LogP contribution in [0.25, 0.3) is 0 Å². The molecule has 6 rings (SSSR count). The lowest BCUT2D eigenvalue weighted by Gasteiger charge is -2.33. The molecule has 0 unspecified atom stereocenters. The second-order valence-electron chi connectivity index (χ2n) is 10.4. The highest BCUT2D eigenvalue weighted by molar-refractivity contribution is 6.00. The maximum atomic E-state index is 13.9. The number of hydrogen-bond acceptors (Lipinski definition) is 4. The number of carbonyl (C=O) groups is 3. The summed E-state index contributed by atoms with van der Waals surface area (Å²) in [6.07, 6.45) is 9.42. The van der Waals surface area contributed by atoms with E-state index in [4.69, 9.17) is 4.74 Å². The minimum absolute atomic E-state index is 0.126. The topological polar surface area (TPSA) is 87.7 Å². The first kappa shape index (κ1) is 20.9. The van der Waals surface area contributed by atoms with E-state index in [2.05, 4.69) is 10.6 Å². The third kappa shape index (κ3) is 3.39. The van der Waals surface area contributed by atoms with E-state index in [9.17, 15) is 14.4 Å². The third-order valence-corrected chi connectivity index (χ3v) is 8.02. The fourth-order valence-corrected chi connectivity index (χ4v) is 6.20. The maximum absolute atomic E-state index is 13.9. The molecule has 174 valence electrons. The molecule has 1 spiro atoms. The molecule has 3 heterocycles. The van der Waals surface area contributed by atoms with Crippen LogP contribution >= 0.6 is 0 Å². The first-order valence-electron chi connectivity index (χ1n) is 12.3. The van der Waals surface area contributed by atoms with E-state index in [0.29, 0.717) is 6.54 Å². The molecular weight excluding hydrogens is 418 g/mol. The number of rotatable bonds is 6. The van der Waals surface area contributed by atoms with E-state index in [0.717, 1.165) is 49.7 Å². The second kappa shape index (κ2) is 7.69. The van der Waals surface area contributed by atoms with E-state index in [1.54, 1.807) is 4.90 Å². The standard InChI is InChI=1S/C26H31N3O4/c1-15-6-8-16(9-7-15)14-29-22(24(31)28-17-4-2-3-5-17)26-13-12-19(33-26)20(21(26)25(29)32)23(30)27-18-10-11-18/h6-9,12-13,17-22H,2-5,10-11,14H2,1H3,(H,27,30)(H,28,31)/t19-,20+,21+,22-,26+/m1/s1. The summed E-state index contributed by atoms with van der Waals surface area (Å²) in [5, 5.41) is 6.26. The van der Waals surface area contributed by atoms with Gasteiger partial charge in [0.1, 0.15) is 11.6 Å². The number of likely N-dealkylation sites (tertiary alicyclic amines) is 1. The Balaban J connectivity index is 1.34. The van der Waals surface area contributed by atoms with Crippen molar-refractivity contribution < 1.29 is 19.1 Å². The summed E-state index contributed by atoms with van der Waals surface area (Å²) in [5.74, 6) is -1.72. The molecule has 2 aliphatic carbocycles. The molecule has 5 aliphatic rings. The zero-order valence-corrected chi connectivity index (χ0v) is 19.0. The maximum Gasteiger partial charge on any atom is 0.246 e. The van der Waals surface area contributed by atoms with Crippen molar-refractivity contribution in [2.75, 3.05) is 0 Å². The van der Waals surface area contributed by atoms with Crippen LogP contribution in [0.4, 0.5) is 0 Å². The van der Waals surface area contributed by atoms with Crippen LogP contribution in [0, 0.1) is 18.8 Å². The molecule has 33 heavy (non-hydrogen) atoms. The Kier molecular flexibility index (Phi) is 4.87. The number of benzene rings is 1. The normalized spacial score (nSPS) is 34.7. The fourth-order valence-electron chi connectivity index (χ4n) is 6.20. The smallest absolute Gasteiger partial charge is 0.246 e. The number of nitrogens with zero attached hydrogens (tertiary/aromatic N) is 1. The van der Waals surface area contributed by atoms with E-state index >= 15 is 0 Å². The number of hydrogen-bond donors (Lipinski definition) is 2. The zero-order chi connectivity index (χ0) is 22.7. The van der Waals surface area contributed by atoms with E-state index < -0.39 is 29.6 Å². The van der Waals surface area contributed by atoms with Gasteiger partial charge in [-0.2, -0.15) is 0 Å². The Labute approximate surface area is 193 Å².